The third-order valence-electron chi connectivity index (χ3n) is 4.62. The summed E-state index contributed by atoms with van der Waals surface area (Å²) in [4.78, 5) is 24.7. The molecule has 2 aromatic carbocycles. The van der Waals surface area contributed by atoms with Crippen LogP contribution in [0.1, 0.15) is 15.9 Å². The second-order valence-electron chi connectivity index (χ2n) is 6.46. The zero-order chi connectivity index (χ0) is 19.9. The zero-order valence-electron chi connectivity index (χ0n) is 16.1. The molecule has 0 atom stereocenters. The molecule has 0 aliphatic rings. The Labute approximate surface area is 164 Å². The maximum Gasteiger partial charge on any atom is 0.224 e. The molecule has 1 N–H and O–H groups in total. The Morgan fingerprint density at radius 1 is 1.04 bits per heavy atom. The molecule has 3 rings (SSSR count). The molecule has 0 spiro atoms. The summed E-state index contributed by atoms with van der Waals surface area (Å²) >= 11 is 0. The van der Waals surface area contributed by atoms with Gasteiger partial charge in [0.25, 0.3) is 0 Å². The van der Waals surface area contributed by atoms with Gasteiger partial charge in [-0.3, -0.25) is 9.59 Å². The van der Waals surface area contributed by atoms with Crippen molar-refractivity contribution < 1.29 is 19.1 Å². The van der Waals surface area contributed by atoms with Crippen LogP contribution in [0.15, 0.2) is 54.7 Å². The molecule has 1 amide bonds. The topological polar surface area (TPSA) is 69.6 Å². The summed E-state index contributed by atoms with van der Waals surface area (Å²) < 4.78 is 12.3. The number of rotatable bonds is 9. The maximum absolute atomic E-state index is 12.4. The molecular weight excluding hydrogens is 356 g/mol. The number of Topliss-reactive ketones (excluding diaryl/α,β-unsaturated/α-hetero) is 1. The van der Waals surface area contributed by atoms with Gasteiger partial charge < -0.3 is 19.4 Å². The Balaban J connectivity index is 1.63. The highest BCUT2D eigenvalue weighted by Crippen LogP contribution is 2.22. The highest BCUT2D eigenvalue weighted by Gasteiger charge is 2.13. The lowest BCUT2D eigenvalue weighted by atomic mass is 10.1. The lowest BCUT2D eigenvalue weighted by molar-refractivity contribution is -0.120. The van der Waals surface area contributed by atoms with E-state index in [1.54, 1.807) is 38.5 Å². The van der Waals surface area contributed by atoms with Crippen LogP contribution < -0.4 is 10.1 Å². The van der Waals surface area contributed by atoms with Crippen molar-refractivity contribution in [3.8, 4) is 5.75 Å². The van der Waals surface area contributed by atoms with Crippen LogP contribution >= 0.6 is 0 Å². The van der Waals surface area contributed by atoms with Gasteiger partial charge in [0.1, 0.15) is 5.75 Å². The number of hydrogen-bond donors (Lipinski definition) is 1. The molecule has 0 saturated carbocycles. The SMILES string of the molecule is COCCn1cc(CC(=O)NCC(=O)c2ccc(OC)cc2)c2ccccc21. The number of carbonyl (C=O) groups excluding carboxylic acids is 2. The molecule has 3 aromatic rings. The van der Waals surface area contributed by atoms with Crippen LogP contribution in [-0.4, -0.2) is 43.6 Å². The van der Waals surface area contributed by atoms with Gasteiger partial charge in [-0.1, -0.05) is 18.2 Å². The highest BCUT2D eigenvalue weighted by atomic mass is 16.5. The van der Waals surface area contributed by atoms with Crippen molar-refractivity contribution in [3.05, 3.63) is 65.9 Å². The lowest BCUT2D eigenvalue weighted by Gasteiger charge is -2.05. The van der Waals surface area contributed by atoms with E-state index in [0.29, 0.717) is 24.5 Å². The Morgan fingerprint density at radius 3 is 2.50 bits per heavy atom. The molecule has 6 heteroatoms. The number of nitrogens with one attached hydrogen (secondary N) is 1. The molecule has 0 saturated heterocycles. The summed E-state index contributed by atoms with van der Waals surface area (Å²) in [5.41, 5.74) is 2.54. The predicted molar refractivity (Wildman–Crippen MR) is 108 cm³/mol. The van der Waals surface area contributed by atoms with E-state index in [9.17, 15) is 9.59 Å². The van der Waals surface area contributed by atoms with Gasteiger partial charge in [0, 0.05) is 36.3 Å². The Bertz CT molecular complexity index is 960. The summed E-state index contributed by atoms with van der Waals surface area (Å²) in [5.74, 6) is 0.362. The summed E-state index contributed by atoms with van der Waals surface area (Å²) in [5, 5.41) is 3.76. The fraction of sp³-hybridized carbons (Fsp3) is 0.273. The van der Waals surface area contributed by atoms with E-state index in [1.165, 1.54) is 0 Å². The summed E-state index contributed by atoms with van der Waals surface area (Å²) in [6, 6.07) is 14.8. The first-order chi connectivity index (χ1) is 13.6. The quantitative estimate of drug-likeness (QED) is 0.580. The van der Waals surface area contributed by atoms with E-state index < -0.39 is 0 Å². The van der Waals surface area contributed by atoms with Crippen LogP contribution in [0.3, 0.4) is 0 Å². The van der Waals surface area contributed by atoms with Gasteiger partial charge in [-0.15, -0.1) is 0 Å². The van der Waals surface area contributed by atoms with E-state index in [0.717, 1.165) is 16.5 Å². The van der Waals surface area contributed by atoms with Gasteiger partial charge in [-0.05, 0) is 35.9 Å². The molecular formula is C22H24N2O4. The minimum Gasteiger partial charge on any atom is -0.497 e. The van der Waals surface area contributed by atoms with E-state index in [4.69, 9.17) is 9.47 Å². The number of carbonyl (C=O) groups is 2. The van der Waals surface area contributed by atoms with Crippen LogP contribution in [0.5, 0.6) is 5.75 Å². The molecule has 28 heavy (non-hydrogen) atoms. The molecule has 6 nitrogen and oxygen atoms in total. The summed E-state index contributed by atoms with van der Waals surface area (Å²) in [6.45, 7) is 1.28. The van der Waals surface area contributed by atoms with Gasteiger partial charge in [-0.25, -0.2) is 0 Å². The summed E-state index contributed by atoms with van der Waals surface area (Å²) in [7, 11) is 3.24. The first-order valence-corrected chi connectivity index (χ1v) is 9.12. The van der Waals surface area contributed by atoms with Crippen molar-refractivity contribution >= 4 is 22.6 Å². The Kier molecular flexibility index (Phi) is 6.45. The first kappa shape index (κ1) is 19.6. The van der Waals surface area contributed by atoms with Gasteiger partial charge in [-0.2, -0.15) is 0 Å². The minimum absolute atomic E-state index is 0.0342. The van der Waals surface area contributed by atoms with Crippen molar-refractivity contribution in [3.63, 3.8) is 0 Å². The van der Waals surface area contributed by atoms with E-state index in [1.807, 2.05) is 30.5 Å². The number of ether oxygens (including phenoxy) is 2. The third kappa shape index (κ3) is 4.58. The first-order valence-electron chi connectivity index (χ1n) is 9.12. The maximum atomic E-state index is 12.4. The number of nitrogens with zero attached hydrogens (tertiary/aromatic N) is 1. The zero-order valence-corrected chi connectivity index (χ0v) is 16.1. The molecule has 1 aromatic heterocycles. The standard InChI is InChI=1S/C22H24N2O4/c1-27-12-11-24-15-17(19-5-3-4-6-20(19)24)13-22(26)23-14-21(25)16-7-9-18(28-2)10-8-16/h3-10,15H,11-14H2,1-2H3,(H,23,26). The normalized spacial score (nSPS) is 10.8. The number of para-hydroxylation sites is 1. The van der Waals surface area contributed by atoms with E-state index in [2.05, 4.69) is 9.88 Å². The third-order valence-corrected chi connectivity index (χ3v) is 4.62. The number of ketones is 1. The van der Waals surface area contributed by atoms with Crippen LogP contribution in [0, 0.1) is 0 Å². The van der Waals surface area contributed by atoms with Crippen LogP contribution in [-0.2, 0) is 22.5 Å². The van der Waals surface area contributed by atoms with Crippen molar-refractivity contribution in [2.24, 2.45) is 0 Å². The number of fused-ring (bicyclic) bond motifs is 1. The van der Waals surface area contributed by atoms with Gasteiger partial charge in [0.2, 0.25) is 5.91 Å². The molecule has 146 valence electrons. The van der Waals surface area contributed by atoms with E-state index in [-0.39, 0.29) is 24.7 Å². The largest absolute Gasteiger partial charge is 0.497 e. The summed E-state index contributed by atoms with van der Waals surface area (Å²) in [6.07, 6.45) is 2.20. The smallest absolute Gasteiger partial charge is 0.224 e. The predicted octanol–water partition coefficient (Wildman–Crippen LogP) is 2.84. The average Bonchev–Trinajstić information content (AvgIpc) is 3.08. The Morgan fingerprint density at radius 2 is 1.79 bits per heavy atom. The number of aromatic nitrogens is 1. The number of methoxy groups -OCH3 is 2. The van der Waals surface area contributed by atoms with Crippen LogP contribution in [0.2, 0.25) is 0 Å². The fourth-order valence-electron chi connectivity index (χ4n) is 3.13. The molecule has 1 heterocycles. The number of amides is 1. The molecule has 0 fully saturated rings. The van der Waals surface area contributed by atoms with Gasteiger partial charge >= 0.3 is 0 Å². The van der Waals surface area contributed by atoms with Gasteiger partial charge in [0.15, 0.2) is 5.78 Å². The molecule has 0 radical (unpaired) electrons. The van der Waals surface area contributed by atoms with Gasteiger partial charge in [0.05, 0.1) is 26.7 Å². The van der Waals surface area contributed by atoms with E-state index >= 15 is 0 Å². The molecule has 0 bridgehead atoms. The second kappa shape index (κ2) is 9.19. The number of hydrogen-bond acceptors (Lipinski definition) is 4. The lowest BCUT2D eigenvalue weighted by Crippen LogP contribution is -2.30. The van der Waals surface area contributed by atoms with Crippen molar-refractivity contribution in [2.45, 2.75) is 13.0 Å². The molecule has 0 unspecified atom stereocenters. The van der Waals surface area contributed by atoms with Crippen LogP contribution in [0.25, 0.3) is 10.9 Å². The second-order valence-corrected chi connectivity index (χ2v) is 6.46. The minimum atomic E-state index is -0.184. The molecule has 0 aliphatic carbocycles. The average molecular weight is 380 g/mol. The van der Waals surface area contributed by atoms with Crippen molar-refractivity contribution in [1.29, 1.82) is 0 Å². The highest BCUT2D eigenvalue weighted by molar-refractivity contribution is 6.00. The Hall–Kier alpha value is -3.12. The fourth-order valence-corrected chi connectivity index (χ4v) is 3.13. The number of benzene rings is 2. The van der Waals surface area contributed by atoms with Crippen molar-refractivity contribution in [2.75, 3.05) is 27.4 Å². The molecule has 0 aliphatic heterocycles. The van der Waals surface area contributed by atoms with Crippen molar-refractivity contribution in [1.82, 2.24) is 9.88 Å². The monoisotopic (exact) mass is 380 g/mol. The van der Waals surface area contributed by atoms with Crippen LogP contribution in [0.4, 0.5) is 0 Å².